The van der Waals surface area contributed by atoms with Gasteiger partial charge in [-0.1, -0.05) is 12.1 Å². The maximum absolute atomic E-state index is 11.0. The number of aromatic nitrogens is 4. The van der Waals surface area contributed by atoms with Crippen LogP contribution in [0.1, 0.15) is 10.5 Å². The van der Waals surface area contributed by atoms with E-state index in [1.165, 1.54) is 26.7 Å². The van der Waals surface area contributed by atoms with Crippen molar-refractivity contribution in [3.63, 3.8) is 0 Å². The zero-order chi connectivity index (χ0) is 17.1. The van der Waals surface area contributed by atoms with Crippen LogP contribution in [0.3, 0.4) is 0 Å². The first-order chi connectivity index (χ1) is 11.6. The van der Waals surface area contributed by atoms with E-state index in [2.05, 4.69) is 15.0 Å². The minimum absolute atomic E-state index is 0.0224. The number of nitrogens with zero attached hydrogens (tertiary/aromatic N) is 4. The average molecular weight is 326 g/mol. The zero-order valence-corrected chi connectivity index (χ0v) is 13.0. The lowest BCUT2D eigenvalue weighted by atomic mass is 10.1. The molecular weight excluding hydrogens is 312 g/mol. The van der Waals surface area contributed by atoms with E-state index < -0.39 is 5.97 Å². The molecule has 24 heavy (non-hydrogen) atoms. The zero-order valence-electron chi connectivity index (χ0n) is 13.0. The van der Waals surface area contributed by atoms with E-state index in [0.29, 0.717) is 11.4 Å². The lowest BCUT2D eigenvalue weighted by Crippen LogP contribution is -1.98. The summed E-state index contributed by atoms with van der Waals surface area (Å²) < 4.78 is 11.9. The molecule has 0 bridgehead atoms. The van der Waals surface area contributed by atoms with E-state index in [9.17, 15) is 4.79 Å². The SMILES string of the molecule is COc1ncc(-c2cccc(-n3cnc(C(=O)O)c3)c2)c(OC)n1. The molecule has 8 heteroatoms. The van der Waals surface area contributed by atoms with Crippen LogP contribution in [0.4, 0.5) is 0 Å². The van der Waals surface area contributed by atoms with Gasteiger partial charge in [-0.05, 0) is 17.7 Å². The van der Waals surface area contributed by atoms with Gasteiger partial charge in [-0.15, -0.1) is 0 Å². The Labute approximate surface area is 137 Å². The molecule has 0 saturated carbocycles. The summed E-state index contributed by atoms with van der Waals surface area (Å²) in [5.74, 6) is -0.689. The Hall–Kier alpha value is -3.42. The van der Waals surface area contributed by atoms with Crippen molar-refractivity contribution in [3.8, 4) is 28.7 Å². The molecule has 0 unspecified atom stereocenters. The number of aromatic carboxylic acids is 1. The minimum atomic E-state index is -1.07. The molecule has 0 saturated heterocycles. The Morgan fingerprint density at radius 3 is 2.71 bits per heavy atom. The summed E-state index contributed by atoms with van der Waals surface area (Å²) in [6.07, 6.45) is 4.51. The maximum Gasteiger partial charge on any atom is 0.356 e. The van der Waals surface area contributed by atoms with Gasteiger partial charge >= 0.3 is 12.0 Å². The van der Waals surface area contributed by atoms with E-state index >= 15 is 0 Å². The van der Waals surface area contributed by atoms with Gasteiger partial charge in [0, 0.05) is 18.1 Å². The predicted octanol–water partition coefficient (Wildman–Crippen LogP) is 2.04. The van der Waals surface area contributed by atoms with Crippen molar-refractivity contribution < 1.29 is 19.4 Å². The molecule has 1 aromatic carbocycles. The van der Waals surface area contributed by atoms with Crippen LogP contribution in [0, 0.1) is 0 Å². The third-order valence-corrected chi connectivity index (χ3v) is 3.36. The van der Waals surface area contributed by atoms with Gasteiger partial charge in [0.15, 0.2) is 5.69 Å². The maximum atomic E-state index is 11.0. The molecule has 0 fully saturated rings. The molecule has 1 N–H and O–H groups in total. The van der Waals surface area contributed by atoms with Gasteiger partial charge in [0.2, 0.25) is 5.88 Å². The van der Waals surface area contributed by atoms with Crippen LogP contribution in [0.15, 0.2) is 43.0 Å². The Balaban J connectivity index is 2.03. The number of carboxylic acids is 1. The molecule has 0 aliphatic heterocycles. The molecule has 0 aliphatic carbocycles. The van der Waals surface area contributed by atoms with E-state index in [-0.39, 0.29) is 11.7 Å². The number of carboxylic acid groups (broad SMARTS) is 1. The monoisotopic (exact) mass is 326 g/mol. The van der Waals surface area contributed by atoms with Crippen LogP contribution < -0.4 is 9.47 Å². The van der Waals surface area contributed by atoms with Gasteiger partial charge in [0.05, 0.1) is 19.8 Å². The summed E-state index contributed by atoms with van der Waals surface area (Å²) in [4.78, 5) is 23.1. The molecular formula is C16H14N4O4. The summed E-state index contributed by atoms with van der Waals surface area (Å²) in [6, 6.07) is 7.64. The van der Waals surface area contributed by atoms with Gasteiger partial charge in [0.1, 0.15) is 6.33 Å². The highest BCUT2D eigenvalue weighted by molar-refractivity contribution is 5.85. The van der Waals surface area contributed by atoms with E-state index in [1.807, 2.05) is 24.3 Å². The topological polar surface area (TPSA) is 99.4 Å². The predicted molar refractivity (Wildman–Crippen MR) is 84.7 cm³/mol. The summed E-state index contributed by atoms with van der Waals surface area (Å²) in [6.45, 7) is 0. The molecule has 0 radical (unpaired) electrons. The third kappa shape index (κ3) is 2.89. The highest BCUT2D eigenvalue weighted by atomic mass is 16.5. The molecule has 2 aromatic heterocycles. The van der Waals surface area contributed by atoms with Gasteiger partial charge in [-0.3, -0.25) is 0 Å². The highest BCUT2D eigenvalue weighted by Gasteiger charge is 2.12. The van der Waals surface area contributed by atoms with Crippen molar-refractivity contribution in [2.45, 2.75) is 0 Å². The Morgan fingerprint density at radius 1 is 1.21 bits per heavy atom. The molecule has 122 valence electrons. The fraction of sp³-hybridized carbons (Fsp3) is 0.125. The summed E-state index contributed by atoms with van der Waals surface area (Å²) >= 11 is 0. The second kappa shape index (κ2) is 6.37. The molecule has 3 aromatic rings. The van der Waals surface area contributed by atoms with E-state index in [4.69, 9.17) is 14.6 Å². The third-order valence-electron chi connectivity index (χ3n) is 3.36. The first-order valence-corrected chi connectivity index (χ1v) is 6.95. The average Bonchev–Trinajstić information content (AvgIpc) is 3.11. The molecule has 2 heterocycles. The number of imidazole rings is 1. The quantitative estimate of drug-likeness (QED) is 0.766. The van der Waals surface area contributed by atoms with Crippen molar-refractivity contribution in [2.75, 3.05) is 14.2 Å². The molecule has 0 aliphatic rings. The molecule has 0 amide bonds. The number of benzene rings is 1. The number of hydrogen-bond acceptors (Lipinski definition) is 6. The summed E-state index contributed by atoms with van der Waals surface area (Å²) in [5, 5.41) is 8.97. The van der Waals surface area contributed by atoms with Crippen LogP contribution >= 0.6 is 0 Å². The molecule has 8 nitrogen and oxygen atoms in total. The molecule has 0 spiro atoms. The van der Waals surface area contributed by atoms with Crippen LogP contribution in [0.5, 0.6) is 11.9 Å². The fourth-order valence-electron chi connectivity index (χ4n) is 2.21. The van der Waals surface area contributed by atoms with E-state index in [0.717, 1.165) is 11.3 Å². The Morgan fingerprint density at radius 2 is 2.04 bits per heavy atom. The second-order valence-electron chi connectivity index (χ2n) is 4.80. The number of hydrogen-bond donors (Lipinski definition) is 1. The van der Waals surface area contributed by atoms with Crippen molar-refractivity contribution in [3.05, 3.63) is 48.7 Å². The number of carbonyl (C=O) groups is 1. The van der Waals surface area contributed by atoms with Crippen LogP contribution in [-0.4, -0.2) is 44.8 Å². The lowest BCUT2D eigenvalue weighted by Gasteiger charge is -2.10. The summed E-state index contributed by atoms with van der Waals surface area (Å²) in [5.41, 5.74) is 2.24. The van der Waals surface area contributed by atoms with E-state index in [1.54, 1.807) is 10.8 Å². The normalized spacial score (nSPS) is 10.4. The van der Waals surface area contributed by atoms with Crippen molar-refractivity contribution in [1.82, 2.24) is 19.5 Å². The van der Waals surface area contributed by atoms with Crippen molar-refractivity contribution >= 4 is 5.97 Å². The number of ether oxygens (including phenoxy) is 2. The fourth-order valence-corrected chi connectivity index (χ4v) is 2.21. The minimum Gasteiger partial charge on any atom is -0.480 e. The lowest BCUT2D eigenvalue weighted by molar-refractivity contribution is 0.0691. The second-order valence-corrected chi connectivity index (χ2v) is 4.80. The van der Waals surface area contributed by atoms with Gasteiger partial charge < -0.3 is 19.1 Å². The van der Waals surface area contributed by atoms with Crippen LogP contribution in [0.2, 0.25) is 0 Å². The van der Waals surface area contributed by atoms with Crippen LogP contribution in [0.25, 0.3) is 16.8 Å². The summed E-state index contributed by atoms with van der Waals surface area (Å²) in [7, 11) is 3.00. The van der Waals surface area contributed by atoms with Gasteiger partial charge in [0.25, 0.3) is 0 Å². The Bertz CT molecular complexity index is 891. The Kier molecular flexibility index (Phi) is 4.11. The smallest absolute Gasteiger partial charge is 0.356 e. The largest absolute Gasteiger partial charge is 0.480 e. The number of rotatable bonds is 5. The first-order valence-electron chi connectivity index (χ1n) is 6.95. The standard InChI is InChI=1S/C16H14N4O4/c1-23-14-12(7-17-16(19-14)24-2)10-4-3-5-11(6-10)20-8-13(15(21)22)18-9-20/h3-9H,1-2H3,(H,21,22). The molecule has 0 atom stereocenters. The first kappa shape index (κ1) is 15.5. The highest BCUT2D eigenvalue weighted by Crippen LogP contribution is 2.30. The molecule has 3 rings (SSSR count). The van der Waals surface area contributed by atoms with Crippen molar-refractivity contribution in [1.29, 1.82) is 0 Å². The van der Waals surface area contributed by atoms with Crippen LogP contribution in [-0.2, 0) is 0 Å². The van der Waals surface area contributed by atoms with Crippen molar-refractivity contribution in [2.24, 2.45) is 0 Å². The number of methoxy groups -OCH3 is 2. The van der Waals surface area contributed by atoms with Gasteiger partial charge in [-0.25, -0.2) is 14.8 Å². The van der Waals surface area contributed by atoms with Gasteiger partial charge in [-0.2, -0.15) is 4.98 Å².